The molecule has 0 fully saturated rings. The van der Waals surface area contributed by atoms with Crippen LogP contribution in [0.2, 0.25) is 0 Å². The minimum absolute atomic E-state index is 0.222. The Morgan fingerprint density at radius 3 is 2.37 bits per heavy atom. The third-order valence-electron chi connectivity index (χ3n) is 4.53. The summed E-state index contributed by atoms with van der Waals surface area (Å²) in [6.45, 7) is 5.00. The van der Waals surface area contributed by atoms with Gasteiger partial charge in [0.25, 0.3) is 0 Å². The van der Waals surface area contributed by atoms with Crippen LogP contribution in [-0.2, 0) is 0 Å². The molecule has 5 nitrogen and oxygen atoms in total. The number of ether oxygens (including phenoxy) is 2. The molecular formula is C24H24BrN3O2. The Balaban J connectivity index is 1.56. The molecule has 3 N–H and O–H groups in total. The normalized spacial score (nSPS) is 10.4. The standard InChI is InChI=1S/C24H24BrN3O2/c1-2-17-9-3-5-11-22(17)29-13-7-8-14-30-23-12-6-4-10-18(23)21-15-19(24(25)27)20(26)16-28-21/h2-6,9-12,15-16,27H,1,7-8,13-14,26H2. The summed E-state index contributed by atoms with van der Waals surface area (Å²) in [5.41, 5.74) is 9.54. The number of rotatable bonds is 10. The van der Waals surface area contributed by atoms with Gasteiger partial charge in [-0.25, -0.2) is 0 Å². The van der Waals surface area contributed by atoms with Gasteiger partial charge in [0.2, 0.25) is 0 Å². The molecule has 6 heteroatoms. The highest BCUT2D eigenvalue weighted by Crippen LogP contribution is 2.30. The number of halogens is 1. The molecular weight excluding hydrogens is 442 g/mol. The number of aromatic nitrogens is 1. The Hall–Kier alpha value is -3.12. The zero-order chi connectivity index (χ0) is 21.3. The van der Waals surface area contributed by atoms with Crippen molar-refractivity contribution in [2.75, 3.05) is 18.9 Å². The van der Waals surface area contributed by atoms with Crippen LogP contribution in [0.3, 0.4) is 0 Å². The fraction of sp³-hybridized carbons (Fsp3) is 0.167. The molecule has 2 aromatic carbocycles. The van der Waals surface area contributed by atoms with Gasteiger partial charge in [0.05, 0.1) is 30.8 Å². The van der Waals surface area contributed by atoms with Crippen molar-refractivity contribution in [3.63, 3.8) is 0 Å². The molecule has 0 unspecified atom stereocenters. The maximum absolute atomic E-state index is 7.81. The first-order valence-electron chi connectivity index (χ1n) is 9.66. The molecule has 154 valence electrons. The van der Waals surface area contributed by atoms with Crippen molar-refractivity contribution in [1.29, 1.82) is 5.41 Å². The molecule has 0 aliphatic rings. The maximum atomic E-state index is 7.81. The molecule has 3 rings (SSSR count). The molecule has 1 aromatic heterocycles. The fourth-order valence-electron chi connectivity index (χ4n) is 2.96. The summed E-state index contributed by atoms with van der Waals surface area (Å²) in [5, 5.41) is 7.81. The lowest BCUT2D eigenvalue weighted by atomic mass is 10.1. The molecule has 0 radical (unpaired) electrons. The minimum atomic E-state index is 0.222. The van der Waals surface area contributed by atoms with Crippen LogP contribution in [0, 0.1) is 5.41 Å². The highest BCUT2D eigenvalue weighted by atomic mass is 79.9. The largest absolute Gasteiger partial charge is 0.493 e. The number of hydrogen-bond acceptors (Lipinski definition) is 5. The summed E-state index contributed by atoms with van der Waals surface area (Å²) in [6, 6.07) is 17.4. The van der Waals surface area contributed by atoms with Gasteiger partial charge in [0.15, 0.2) is 0 Å². The number of nitrogen functional groups attached to an aromatic ring is 1. The van der Waals surface area contributed by atoms with E-state index in [1.54, 1.807) is 18.3 Å². The van der Waals surface area contributed by atoms with E-state index in [0.29, 0.717) is 30.2 Å². The molecule has 0 bridgehead atoms. The molecule has 0 spiro atoms. The van der Waals surface area contributed by atoms with E-state index >= 15 is 0 Å². The van der Waals surface area contributed by atoms with Gasteiger partial charge in [-0.15, -0.1) is 0 Å². The molecule has 0 saturated heterocycles. The number of nitrogens with two attached hydrogens (primary N) is 1. The van der Waals surface area contributed by atoms with Crippen molar-refractivity contribution < 1.29 is 9.47 Å². The van der Waals surface area contributed by atoms with E-state index in [9.17, 15) is 0 Å². The zero-order valence-corrected chi connectivity index (χ0v) is 18.2. The van der Waals surface area contributed by atoms with Crippen LogP contribution in [0.4, 0.5) is 5.69 Å². The lowest BCUT2D eigenvalue weighted by molar-refractivity contribution is 0.267. The molecule has 0 atom stereocenters. The number of para-hydroxylation sites is 2. The number of pyridine rings is 1. The molecule has 1 heterocycles. The van der Waals surface area contributed by atoms with Gasteiger partial charge in [-0.05, 0) is 53.0 Å². The number of benzene rings is 2. The second-order valence-corrected chi connectivity index (χ2v) is 7.41. The molecule has 0 aliphatic carbocycles. The van der Waals surface area contributed by atoms with Crippen molar-refractivity contribution in [2.45, 2.75) is 12.8 Å². The van der Waals surface area contributed by atoms with Gasteiger partial charge in [0, 0.05) is 16.7 Å². The first kappa shape index (κ1) is 21.6. The van der Waals surface area contributed by atoms with Crippen LogP contribution >= 0.6 is 15.9 Å². The third-order valence-corrected chi connectivity index (χ3v) is 4.95. The molecule has 3 aromatic rings. The van der Waals surface area contributed by atoms with Crippen molar-refractivity contribution >= 4 is 32.3 Å². The minimum Gasteiger partial charge on any atom is -0.493 e. The van der Waals surface area contributed by atoms with Gasteiger partial charge >= 0.3 is 0 Å². The molecule has 0 saturated carbocycles. The Morgan fingerprint density at radius 1 is 1.03 bits per heavy atom. The Labute approximate surface area is 185 Å². The monoisotopic (exact) mass is 465 g/mol. The number of anilines is 1. The number of nitrogens with zero attached hydrogens (tertiary/aromatic N) is 1. The second-order valence-electron chi connectivity index (χ2n) is 6.61. The first-order chi connectivity index (χ1) is 14.6. The topological polar surface area (TPSA) is 81.2 Å². The van der Waals surface area contributed by atoms with Crippen LogP contribution in [0.25, 0.3) is 17.3 Å². The van der Waals surface area contributed by atoms with Crippen molar-refractivity contribution in [3.8, 4) is 22.8 Å². The zero-order valence-electron chi connectivity index (χ0n) is 16.6. The average Bonchev–Trinajstić information content (AvgIpc) is 2.77. The highest BCUT2D eigenvalue weighted by molar-refractivity contribution is 9.18. The van der Waals surface area contributed by atoms with Crippen molar-refractivity contribution in [2.24, 2.45) is 0 Å². The third kappa shape index (κ3) is 5.48. The summed E-state index contributed by atoms with van der Waals surface area (Å²) in [4.78, 5) is 4.41. The van der Waals surface area contributed by atoms with Crippen LogP contribution in [-0.4, -0.2) is 22.8 Å². The fourth-order valence-corrected chi connectivity index (χ4v) is 3.30. The lowest BCUT2D eigenvalue weighted by Gasteiger charge is -2.13. The average molecular weight is 466 g/mol. The summed E-state index contributed by atoms with van der Waals surface area (Å²) in [5.74, 6) is 1.60. The number of nitrogens with one attached hydrogen (secondary N) is 1. The smallest absolute Gasteiger partial charge is 0.128 e. The van der Waals surface area contributed by atoms with E-state index in [2.05, 4.69) is 27.5 Å². The lowest BCUT2D eigenvalue weighted by Crippen LogP contribution is -2.04. The number of hydrogen-bond donors (Lipinski definition) is 2. The van der Waals surface area contributed by atoms with Crippen molar-refractivity contribution in [3.05, 3.63) is 78.5 Å². The molecule has 0 amide bonds. The Morgan fingerprint density at radius 2 is 1.67 bits per heavy atom. The van der Waals surface area contributed by atoms with E-state index in [4.69, 9.17) is 20.6 Å². The van der Waals surface area contributed by atoms with Crippen molar-refractivity contribution in [1.82, 2.24) is 4.98 Å². The summed E-state index contributed by atoms with van der Waals surface area (Å²) in [7, 11) is 0. The van der Waals surface area contributed by atoms with Crippen LogP contribution in [0.5, 0.6) is 11.5 Å². The van der Waals surface area contributed by atoms with Crippen LogP contribution in [0.1, 0.15) is 24.0 Å². The van der Waals surface area contributed by atoms with Crippen LogP contribution in [0.15, 0.2) is 67.4 Å². The van der Waals surface area contributed by atoms with Gasteiger partial charge in [0.1, 0.15) is 16.1 Å². The summed E-state index contributed by atoms with van der Waals surface area (Å²) >= 11 is 3.18. The molecule has 30 heavy (non-hydrogen) atoms. The Kier molecular flexibility index (Phi) is 7.63. The summed E-state index contributed by atoms with van der Waals surface area (Å²) in [6.07, 6.45) is 5.09. The highest BCUT2D eigenvalue weighted by Gasteiger charge is 2.11. The van der Waals surface area contributed by atoms with E-state index < -0.39 is 0 Å². The summed E-state index contributed by atoms with van der Waals surface area (Å²) < 4.78 is 12.1. The van der Waals surface area contributed by atoms with Gasteiger partial charge in [-0.1, -0.05) is 43.0 Å². The van der Waals surface area contributed by atoms with Gasteiger partial charge in [-0.3, -0.25) is 10.4 Å². The predicted molar refractivity (Wildman–Crippen MR) is 127 cm³/mol. The van der Waals surface area contributed by atoms with E-state index in [1.807, 2.05) is 48.5 Å². The van der Waals surface area contributed by atoms with Gasteiger partial charge < -0.3 is 15.2 Å². The van der Waals surface area contributed by atoms with Gasteiger partial charge in [-0.2, -0.15) is 0 Å². The quantitative estimate of drug-likeness (QED) is 0.287. The predicted octanol–water partition coefficient (Wildman–Crippen LogP) is 5.93. The SMILES string of the molecule is C=Cc1ccccc1OCCCCOc1ccccc1-c1cc(C(=N)Br)c(N)cn1. The number of unbranched alkanes of at least 4 members (excludes halogenated alkanes) is 1. The maximum Gasteiger partial charge on any atom is 0.128 e. The van der Waals surface area contributed by atoms with E-state index in [1.165, 1.54) is 0 Å². The molecule has 0 aliphatic heterocycles. The second kappa shape index (κ2) is 10.6. The Bertz CT molecular complexity index is 1040. The first-order valence-corrected chi connectivity index (χ1v) is 10.5. The van der Waals surface area contributed by atoms with E-state index in [-0.39, 0.29) is 4.62 Å². The van der Waals surface area contributed by atoms with Crippen LogP contribution < -0.4 is 15.2 Å². The van der Waals surface area contributed by atoms with E-state index in [0.717, 1.165) is 35.5 Å².